The zero-order valence-corrected chi connectivity index (χ0v) is 20.1. The van der Waals surface area contributed by atoms with E-state index in [0.29, 0.717) is 0 Å². The van der Waals surface area contributed by atoms with Crippen LogP contribution in [0.2, 0.25) is 0 Å². The van der Waals surface area contributed by atoms with Crippen molar-refractivity contribution in [2.75, 3.05) is 0 Å². The lowest BCUT2D eigenvalue weighted by Crippen LogP contribution is -2.72. The van der Waals surface area contributed by atoms with Crippen molar-refractivity contribution in [2.24, 2.45) is 0 Å². The summed E-state index contributed by atoms with van der Waals surface area (Å²) in [7, 11) is -2.48. The maximum absolute atomic E-state index is 2.51. The quantitative estimate of drug-likeness (QED) is 0.299. The van der Waals surface area contributed by atoms with Gasteiger partial charge in [-0.2, -0.15) is 0 Å². The zero-order chi connectivity index (χ0) is 22.7. The minimum absolute atomic E-state index is 1.31. The molecule has 0 radical (unpaired) electrons. The van der Waals surface area contributed by atoms with Crippen molar-refractivity contribution in [3.05, 3.63) is 133 Å². The molecule has 0 saturated heterocycles. The van der Waals surface area contributed by atoms with Crippen LogP contribution in [0.3, 0.4) is 0 Å². The molecule has 0 fully saturated rings. The lowest BCUT2D eigenvalue weighted by atomic mass is 9.97. The van der Waals surface area contributed by atoms with Gasteiger partial charge in [0.25, 0.3) is 0 Å². The molecule has 0 amide bonds. The summed E-state index contributed by atoms with van der Waals surface area (Å²) in [6.45, 7) is 2.23. The van der Waals surface area contributed by atoms with Crippen LogP contribution in [0.4, 0.5) is 0 Å². The summed E-state index contributed by atoms with van der Waals surface area (Å²) in [5.74, 6) is 0. The fraction of sp³-hybridized carbons (Fsp3) is 0.0303. The number of hydrogen-bond acceptors (Lipinski definition) is 0. The highest BCUT2D eigenvalue weighted by molar-refractivity contribution is 7.22. The van der Waals surface area contributed by atoms with Gasteiger partial charge in [-0.3, -0.25) is 0 Å². The molecule has 0 saturated carbocycles. The van der Waals surface area contributed by atoms with E-state index < -0.39 is 8.07 Å². The van der Waals surface area contributed by atoms with E-state index in [1.807, 2.05) is 0 Å². The van der Waals surface area contributed by atoms with E-state index in [-0.39, 0.29) is 0 Å². The Kier molecular flexibility index (Phi) is 4.18. The molecule has 6 aromatic rings. The molecule has 6 aromatic carbocycles. The van der Waals surface area contributed by atoms with Gasteiger partial charge in [0.15, 0.2) is 8.07 Å². The summed E-state index contributed by atoms with van der Waals surface area (Å²) in [5.41, 5.74) is 4.14. The first-order chi connectivity index (χ1) is 16.8. The first kappa shape index (κ1) is 19.5. The molecular weight excluding hydrogens is 424 g/mol. The molecule has 1 heterocycles. The van der Waals surface area contributed by atoms with Crippen LogP contribution < -0.4 is 20.7 Å². The lowest BCUT2D eigenvalue weighted by Gasteiger charge is -2.31. The monoisotopic (exact) mass is 448 g/mol. The van der Waals surface area contributed by atoms with E-state index in [1.165, 1.54) is 59.0 Å². The highest BCUT2D eigenvalue weighted by Gasteiger charge is 2.48. The summed E-state index contributed by atoms with van der Waals surface area (Å²) in [6, 6.07) is 47.9. The number of hydrogen-bond donors (Lipinski definition) is 0. The third kappa shape index (κ3) is 2.59. The Bertz CT molecular complexity index is 1660. The molecule has 1 heteroatoms. The van der Waals surface area contributed by atoms with Gasteiger partial charge in [-0.25, -0.2) is 0 Å². The van der Waals surface area contributed by atoms with E-state index in [2.05, 4.69) is 134 Å². The van der Waals surface area contributed by atoms with Gasteiger partial charge in [-0.15, -0.1) is 0 Å². The van der Waals surface area contributed by atoms with Crippen molar-refractivity contribution in [2.45, 2.75) is 6.92 Å². The SMILES string of the molecule is Cc1cccc2cc3c(cc12)-c1cc2ccccc2cc1[Si]3(c1ccccc1)c1ccccc1. The molecule has 1 aliphatic heterocycles. The Hall–Kier alpha value is -3.94. The van der Waals surface area contributed by atoms with Gasteiger partial charge in [0.2, 0.25) is 0 Å². The number of aryl methyl sites for hydroxylation is 1. The highest BCUT2D eigenvalue weighted by Crippen LogP contribution is 2.34. The van der Waals surface area contributed by atoms with Crippen molar-refractivity contribution in [1.29, 1.82) is 0 Å². The molecule has 0 spiro atoms. The molecule has 34 heavy (non-hydrogen) atoms. The molecule has 0 atom stereocenters. The minimum Gasteiger partial charge on any atom is -0.0623 e. The summed E-state index contributed by atoms with van der Waals surface area (Å²) in [6.07, 6.45) is 0. The average Bonchev–Trinajstić information content (AvgIpc) is 3.17. The van der Waals surface area contributed by atoms with Crippen LogP contribution in [0, 0.1) is 6.92 Å². The number of rotatable bonds is 2. The predicted molar refractivity (Wildman–Crippen MR) is 149 cm³/mol. The van der Waals surface area contributed by atoms with E-state index in [0.717, 1.165) is 0 Å². The highest BCUT2D eigenvalue weighted by atomic mass is 28.3. The van der Waals surface area contributed by atoms with Crippen LogP contribution in [0.25, 0.3) is 32.7 Å². The Morgan fingerprint density at radius 1 is 0.441 bits per heavy atom. The zero-order valence-electron chi connectivity index (χ0n) is 19.1. The van der Waals surface area contributed by atoms with Crippen molar-refractivity contribution >= 4 is 50.4 Å². The Balaban J connectivity index is 1.72. The fourth-order valence-corrected chi connectivity index (χ4v) is 11.3. The van der Waals surface area contributed by atoms with Crippen LogP contribution in [0.15, 0.2) is 127 Å². The van der Waals surface area contributed by atoms with Gasteiger partial charge in [-0.1, -0.05) is 115 Å². The van der Waals surface area contributed by atoms with Crippen LogP contribution in [-0.4, -0.2) is 8.07 Å². The van der Waals surface area contributed by atoms with Gasteiger partial charge < -0.3 is 0 Å². The second-order valence-corrected chi connectivity index (χ2v) is 13.2. The van der Waals surface area contributed by atoms with Crippen molar-refractivity contribution in [3.8, 4) is 11.1 Å². The summed E-state index contributed by atoms with van der Waals surface area (Å²) in [5, 5.41) is 11.2. The summed E-state index contributed by atoms with van der Waals surface area (Å²) in [4.78, 5) is 0. The maximum Gasteiger partial charge on any atom is 0.180 e. The van der Waals surface area contributed by atoms with Gasteiger partial charge in [0.1, 0.15) is 0 Å². The van der Waals surface area contributed by atoms with Crippen molar-refractivity contribution < 1.29 is 0 Å². The second-order valence-electron chi connectivity index (χ2n) is 9.42. The Labute approximate surface area is 201 Å². The van der Waals surface area contributed by atoms with Gasteiger partial charge in [0, 0.05) is 0 Å². The summed E-state index contributed by atoms with van der Waals surface area (Å²) >= 11 is 0. The Morgan fingerprint density at radius 3 is 1.59 bits per heavy atom. The van der Waals surface area contributed by atoms with Crippen molar-refractivity contribution in [3.63, 3.8) is 0 Å². The smallest absolute Gasteiger partial charge is 0.0623 e. The molecule has 0 N–H and O–H groups in total. The molecule has 7 rings (SSSR count). The molecule has 0 aromatic heterocycles. The van der Waals surface area contributed by atoms with E-state index in [4.69, 9.17) is 0 Å². The van der Waals surface area contributed by atoms with Crippen LogP contribution >= 0.6 is 0 Å². The third-order valence-corrected chi connectivity index (χ3v) is 12.5. The standard InChI is InChI=1S/C33H24Si/c1-23-11-10-14-26-21-33-31(22-29(23)26)30-19-24-12-8-9-13-25(24)20-32(30)34(33,27-15-4-2-5-16-27)28-17-6-3-7-18-28/h2-22H,1H3. The van der Waals surface area contributed by atoms with E-state index >= 15 is 0 Å². The molecule has 1 aliphatic rings. The largest absolute Gasteiger partial charge is 0.180 e. The van der Waals surface area contributed by atoms with Crippen molar-refractivity contribution in [1.82, 2.24) is 0 Å². The van der Waals surface area contributed by atoms with Crippen LogP contribution in [0.5, 0.6) is 0 Å². The Morgan fingerprint density at radius 2 is 0.941 bits per heavy atom. The maximum atomic E-state index is 2.51. The first-order valence-corrected chi connectivity index (χ1v) is 14.0. The molecule has 0 aliphatic carbocycles. The predicted octanol–water partition coefficient (Wildman–Crippen LogP) is 5.66. The number of fused-ring (bicyclic) bond motifs is 5. The fourth-order valence-electron chi connectivity index (χ4n) is 6.10. The van der Waals surface area contributed by atoms with Crippen LogP contribution in [0.1, 0.15) is 5.56 Å². The lowest BCUT2D eigenvalue weighted by molar-refractivity contribution is 1.53. The topological polar surface area (TPSA) is 0 Å². The van der Waals surface area contributed by atoms with Gasteiger partial charge in [-0.05, 0) is 78.0 Å². The minimum atomic E-state index is -2.48. The first-order valence-electron chi connectivity index (χ1n) is 12.0. The number of benzene rings is 6. The van der Waals surface area contributed by atoms with Crippen LogP contribution in [-0.2, 0) is 0 Å². The van der Waals surface area contributed by atoms with Gasteiger partial charge >= 0.3 is 0 Å². The molecule has 0 bridgehead atoms. The molecule has 0 nitrogen and oxygen atoms in total. The second kappa shape index (κ2) is 7.28. The molecule has 160 valence electrons. The summed E-state index contributed by atoms with van der Waals surface area (Å²) < 4.78 is 0. The third-order valence-electron chi connectivity index (χ3n) is 7.63. The molecular formula is C33H24Si. The normalized spacial score (nSPS) is 13.7. The van der Waals surface area contributed by atoms with E-state index in [1.54, 1.807) is 0 Å². The van der Waals surface area contributed by atoms with Gasteiger partial charge in [0.05, 0.1) is 0 Å². The van der Waals surface area contributed by atoms with E-state index in [9.17, 15) is 0 Å². The molecule has 0 unspecified atom stereocenters. The average molecular weight is 449 g/mol.